The molecule has 264 valence electrons. The molecule has 0 saturated heterocycles. The number of furan rings is 2. The number of rotatable bonds is 4. The van der Waals surface area contributed by atoms with Crippen LogP contribution in [0.4, 0.5) is 17.1 Å². The van der Waals surface area contributed by atoms with E-state index >= 15 is 0 Å². The Morgan fingerprint density at radius 1 is 0.411 bits per heavy atom. The molecule has 0 radical (unpaired) electrons. The Morgan fingerprint density at radius 2 is 0.964 bits per heavy atom. The van der Waals surface area contributed by atoms with E-state index in [1.165, 1.54) is 44.2 Å². The van der Waals surface area contributed by atoms with Crippen LogP contribution in [0.5, 0.6) is 0 Å². The molecule has 3 nitrogen and oxygen atoms in total. The summed E-state index contributed by atoms with van der Waals surface area (Å²) in [5, 5.41) is 8.95. The van der Waals surface area contributed by atoms with Gasteiger partial charge in [0.25, 0.3) is 0 Å². The largest absolute Gasteiger partial charge is 0.456 e. The molecule has 0 fully saturated rings. The highest BCUT2D eigenvalue weighted by Crippen LogP contribution is 2.53. The molecule has 0 atom stereocenters. The van der Waals surface area contributed by atoms with Gasteiger partial charge in [-0.15, -0.1) is 0 Å². The van der Waals surface area contributed by atoms with E-state index in [1.54, 1.807) is 0 Å². The lowest BCUT2D eigenvalue weighted by Gasteiger charge is -2.28. The summed E-state index contributed by atoms with van der Waals surface area (Å²) in [6, 6.07) is 63.4. The summed E-state index contributed by atoms with van der Waals surface area (Å²) in [7, 11) is 0. The maximum atomic E-state index is 7.12. The number of hydrogen-bond donors (Lipinski definition) is 0. The van der Waals surface area contributed by atoms with Crippen LogP contribution in [0.25, 0.3) is 87.7 Å². The van der Waals surface area contributed by atoms with Crippen LogP contribution in [0.15, 0.2) is 185 Å². The zero-order valence-electron chi connectivity index (χ0n) is 31.0. The Kier molecular flexibility index (Phi) is 6.40. The van der Waals surface area contributed by atoms with Crippen molar-refractivity contribution in [1.82, 2.24) is 0 Å². The third kappa shape index (κ3) is 4.46. The number of fused-ring (bicyclic) bond motifs is 12. The second-order valence-electron chi connectivity index (χ2n) is 15.7. The Morgan fingerprint density at radius 3 is 1.68 bits per heavy atom. The standard InChI is InChI=1S/C53H35NO2/c1-53(2)44-19-11-10-18-40(44)41-25-24-39(30-45(41)53)54(38-22-20-33(21-23-38)32-12-4-3-5-13-32)46-31-49-50(42-26-34-14-6-8-16-36(34)28-47(42)55-49)51-43-27-35-15-7-9-17-37(35)29-48(43)56-52(46)51/h3-31H,1-2H3. The first kappa shape index (κ1) is 31.3. The normalized spacial score (nSPS) is 13.3. The monoisotopic (exact) mass is 717 g/mol. The van der Waals surface area contributed by atoms with E-state index in [4.69, 9.17) is 8.83 Å². The molecule has 0 saturated carbocycles. The van der Waals surface area contributed by atoms with E-state index in [1.807, 2.05) is 0 Å². The van der Waals surface area contributed by atoms with Crippen LogP contribution in [-0.4, -0.2) is 0 Å². The number of benzene rings is 9. The molecule has 0 unspecified atom stereocenters. The van der Waals surface area contributed by atoms with Crippen LogP contribution in [0.3, 0.4) is 0 Å². The summed E-state index contributed by atoms with van der Waals surface area (Å²) in [5.41, 5.74) is 13.8. The van der Waals surface area contributed by atoms with E-state index < -0.39 is 0 Å². The summed E-state index contributed by atoms with van der Waals surface area (Å²) in [6.45, 7) is 4.68. The first-order valence-corrected chi connectivity index (χ1v) is 19.3. The van der Waals surface area contributed by atoms with Crippen molar-refractivity contribution < 1.29 is 8.83 Å². The molecule has 0 N–H and O–H groups in total. The SMILES string of the molecule is CC1(C)c2ccccc2-c2ccc(N(c3ccc(-c4ccccc4)cc3)c3cc4oc5cc6ccccc6cc5c4c4c3oc3cc5ccccc5cc34)cc21. The lowest BCUT2D eigenvalue weighted by Crippen LogP contribution is -2.16. The van der Waals surface area contributed by atoms with Gasteiger partial charge in [-0.3, -0.25) is 0 Å². The zero-order valence-corrected chi connectivity index (χ0v) is 31.0. The molecular formula is C53H35NO2. The van der Waals surface area contributed by atoms with E-state index in [0.717, 1.165) is 71.7 Å². The average Bonchev–Trinajstić information content (AvgIpc) is 3.86. The van der Waals surface area contributed by atoms with Crippen molar-refractivity contribution in [3.8, 4) is 22.3 Å². The van der Waals surface area contributed by atoms with Crippen molar-refractivity contribution in [3.05, 3.63) is 187 Å². The van der Waals surface area contributed by atoms with Gasteiger partial charge in [0.2, 0.25) is 0 Å². The number of hydrogen-bond acceptors (Lipinski definition) is 3. The van der Waals surface area contributed by atoms with E-state index in [0.29, 0.717) is 0 Å². The van der Waals surface area contributed by atoms with Crippen molar-refractivity contribution in [3.63, 3.8) is 0 Å². The van der Waals surface area contributed by atoms with Gasteiger partial charge in [0.05, 0.1) is 5.69 Å². The van der Waals surface area contributed by atoms with Gasteiger partial charge in [-0.05, 0) is 103 Å². The minimum absolute atomic E-state index is 0.162. The predicted octanol–water partition coefficient (Wildman–Crippen LogP) is 15.2. The average molecular weight is 718 g/mol. The van der Waals surface area contributed by atoms with Gasteiger partial charge >= 0.3 is 0 Å². The molecule has 11 aromatic rings. The van der Waals surface area contributed by atoms with Crippen molar-refractivity contribution in [2.45, 2.75) is 19.3 Å². The Bertz CT molecular complexity index is 3380. The molecule has 1 aliphatic carbocycles. The van der Waals surface area contributed by atoms with Crippen molar-refractivity contribution in [1.29, 1.82) is 0 Å². The Hall–Kier alpha value is -7.10. The maximum Gasteiger partial charge on any atom is 0.160 e. The minimum atomic E-state index is -0.162. The molecule has 0 aliphatic heterocycles. The van der Waals surface area contributed by atoms with Crippen LogP contribution in [0, 0.1) is 0 Å². The fourth-order valence-corrected chi connectivity index (χ4v) is 9.42. The first-order chi connectivity index (χ1) is 27.5. The lowest BCUT2D eigenvalue weighted by molar-refractivity contribution is 0.660. The van der Waals surface area contributed by atoms with Gasteiger partial charge in [0, 0.05) is 44.4 Å². The number of anilines is 3. The molecular weight excluding hydrogens is 683 g/mol. The van der Waals surface area contributed by atoms with E-state index in [2.05, 4.69) is 195 Å². The fourth-order valence-electron chi connectivity index (χ4n) is 9.42. The highest BCUT2D eigenvalue weighted by Gasteiger charge is 2.36. The highest BCUT2D eigenvalue weighted by atomic mass is 16.3. The Labute approximate surface area is 323 Å². The summed E-state index contributed by atoms with van der Waals surface area (Å²) >= 11 is 0. The summed E-state index contributed by atoms with van der Waals surface area (Å²) < 4.78 is 14.0. The lowest BCUT2D eigenvalue weighted by atomic mass is 9.82. The molecule has 2 aromatic heterocycles. The summed E-state index contributed by atoms with van der Waals surface area (Å²) in [5.74, 6) is 0. The second kappa shape index (κ2) is 11.5. The molecule has 1 aliphatic rings. The fraction of sp³-hybridized carbons (Fsp3) is 0.0566. The first-order valence-electron chi connectivity index (χ1n) is 19.3. The predicted molar refractivity (Wildman–Crippen MR) is 234 cm³/mol. The molecule has 2 heterocycles. The van der Waals surface area contributed by atoms with Gasteiger partial charge < -0.3 is 13.7 Å². The third-order valence-electron chi connectivity index (χ3n) is 12.2. The smallest absolute Gasteiger partial charge is 0.160 e. The second-order valence-corrected chi connectivity index (χ2v) is 15.7. The zero-order chi connectivity index (χ0) is 37.1. The minimum Gasteiger partial charge on any atom is -0.456 e. The molecule has 12 rings (SSSR count). The molecule has 3 heteroatoms. The van der Waals surface area contributed by atoms with Crippen molar-refractivity contribution in [2.75, 3.05) is 4.90 Å². The van der Waals surface area contributed by atoms with Gasteiger partial charge in [-0.2, -0.15) is 0 Å². The molecule has 0 bridgehead atoms. The summed E-state index contributed by atoms with van der Waals surface area (Å²) in [4.78, 5) is 2.36. The molecule has 56 heavy (non-hydrogen) atoms. The van der Waals surface area contributed by atoms with Crippen LogP contribution in [0.2, 0.25) is 0 Å². The summed E-state index contributed by atoms with van der Waals surface area (Å²) in [6.07, 6.45) is 0. The van der Waals surface area contributed by atoms with E-state index in [9.17, 15) is 0 Å². The van der Waals surface area contributed by atoms with Crippen LogP contribution in [0.1, 0.15) is 25.0 Å². The van der Waals surface area contributed by atoms with Gasteiger partial charge in [0.1, 0.15) is 16.7 Å². The quantitative estimate of drug-likeness (QED) is 0.182. The number of nitrogens with zero attached hydrogens (tertiary/aromatic N) is 1. The highest BCUT2D eigenvalue weighted by molar-refractivity contribution is 6.30. The van der Waals surface area contributed by atoms with Gasteiger partial charge in [0.15, 0.2) is 5.58 Å². The van der Waals surface area contributed by atoms with Gasteiger partial charge in [-0.1, -0.05) is 135 Å². The maximum absolute atomic E-state index is 7.12. The Balaban J connectivity index is 1.18. The van der Waals surface area contributed by atoms with Crippen LogP contribution < -0.4 is 4.90 Å². The van der Waals surface area contributed by atoms with Crippen LogP contribution in [-0.2, 0) is 5.41 Å². The van der Waals surface area contributed by atoms with Crippen LogP contribution >= 0.6 is 0 Å². The third-order valence-corrected chi connectivity index (χ3v) is 12.2. The molecule has 9 aromatic carbocycles. The molecule has 0 amide bonds. The molecule has 0 spiro atoms. The van der Waals surface area contributed by atoms with Crippen molar-refractivity contribution >= 4 is 82.5 Å². The van der Waals surface area contributed by atoms with E-state index in [-0.39, 0.29) is 5.41 Å². The van der Waals surface area contributed by atoms with Crippen molar-refractivity contribution in [2.24, 2.45) is 0 Å². The van der Waals surface area contributed by atoms with Gasteiger partial charge in [-0.25, -0.2) is 0 Å². The topological polar surface area (TPSA) is 29.5 Å².